The van der Waals surface area contributed by atoms with Crippen LogP contribution in [0.3, 0.4) is 0 Å². The van der Waals surface area contributed by atoms with Gasteiger partial charge >= 0.3 is 0 Å². The molecule has 2 saturated carbocycles. The molecule has 1 heterocycles. The van der Waals surface area contributed by atoms with E-state index >= 15 is 0 Å². The number of benzene rings is 1. The Morgan fingerprint density at radius 2 is 1.67 bits per heavy atom. The van der Waals surface area contributed by atoms with Gasteiger partial charge in [-0.2, -0.15) is 15.0 Å². The molecule has 1 aromatic carbocycles. The van der Waals surface area contributed by atoms with E-state index in [9.17, 15) is 4.79 Å². The first kappa shape index (κ1) is 28.9. The van der Waals surface area contributed by atoms with E-state index in [1.165, 1.54) is 25.7 Å². The van der Waals surface area contributed by atoms with Gasteiger partial charge in [0.05, 0.1) is 26.4 Å². The van der Waals surface area contributed by atoms with E-state index in [1.807, 2.05) is 12.1 Å². The largest absolute Gasteiger partial charge is 0.396 e. The molecule has 4 rings (SSSR count). The topological polar surface area (TPSA) is 169 Å². The van der Waals surface area contributed by atoms with E-state index in [0.29, 0.717) is 94.4 Å². The highest BCUT2D eigenvalue weighted by Crippen LogP contribution is 2.45. The number of aliphatic hydroxyl groups excluding tert-OH is 1. The Morgan fingerprint density at radius 1 is 0.923 bits per heavy atom. The minimum atomic E-state index is -0.148. The maximum Gasteiger partial charge on any atom is 0.251 e. The molecule has 0 saturated heterocycles. The van der Waals surface area contributed by atoms with Crippen LogP contribution in [-0.4, -0.2) is 84.7 Å². The summed E-state index contributed by atoms with van der Waals surface area (Å²) in [4.78, 5) is 26.1. The molecule has 214 valence electrons. The van der Waals surface area contributed by atoms with Gasteiger partial charge < -0.3 is 41.6 Å². The van der Waals surface area contributed by atoms with Gasteiger partial charge in [-0.3, -0.25) is 4.79 Å². The Balaban J connectivity index is 1.25. The average Bonchev–Trinajstić information content (AvgIpc) is 3.57. The molecule has 2 aliphatic rings. The molecule has 12 heteroatoms. The number of carbonyl (C=O) groups is 1. The second kappa shape index (κ2) is 15.5. The van der Waals surface area contributed by atoms with E-state index in [0.717, 1.165) is 11.5 Å². The van der Waals surface area contributed by atoms with Crippen molar-refractivity contribution in [1.82, 2.24) is 20.3 Å². The molecule has 3 unspecified atom stereocenters. The Bertz CT molecular complexity index is 1030. The van der Waals surface area contributed by atoms with Crippen molar-refractivity contribution in [2.24, 2.45) is 17.6 Å². The van der Waals surface area contributed by atoms with Crippen LogP contribution in [0.1, 0.15) is 48.0 Å². The number of aromatic nitrogens is 3. The third-order valence-corrected chi connectivity index (χ3v) is 7.14. The number of aliphatic hydroxyl groups is 1. The zero-order chi connectivity index (χ0) is 27.3. The second-order valence-electron chi connectivity index (χ2n) is 10.1. The maximum atomic E-state index is 12.4. The fourth-order valence-corrected chi connectivity index (χ4v) is 5.16. The lowest BCUT2D eigenvalue weighted by molar-refractivity contribution is 0.0511. The molecular formula is C27H42N8O4. The van der Waals surface area contributed by atoms with Gasteiger partial charge in [0.25, 0.3) is 5.91 Å². The van der Waals surface area contributed by atoms with Crippen LogP contribution in [0, 0.1) is 11.8 Å². The van der Waals surface area contributed by atoms with Gasteiger partial charge in [0.1, 0.15) is 0 Å². The molecule has 7 N–H and O–H groups in total. The third kappa shape index (κ3) is 9.27. The van der Waals surface area contributed by atoms with Crippen molar-refractivity contribution in [1.29, 1.82) is 0 Å². The minimum absolute atomic E-state index is 0.103. The highest BCUT2D eigenvalue weighted by molar-refractivity contribution is 5.94. The summed E-state index contributed by atoms with van der Waals surface area (Å²) in [6.07, 6.45) is 5.68. The fraction of sp³-hybridized carbons (Fsp3) is 0.630. The quantitative estimate of drug-likeness (QED) is 0.151. The summed E-state index contributed by atoms with van der Waals surface area (Å²) in [6, 6.07) is 7.81. The smallest absolute Gasteiger partial charge is 0.251 e. The molecule has 0 radical (unpaired) electrons. The van der Waals surface area contributed by atoms with Crippen molar-refractivity contribution in [3.63, 3.8) is 0 Å². The summed E-state index contributed by atoms with van der Waals surface area (Å²) in [5.74, 6) is 2.88. The number of ether oxygens (including phenoxy) is 2. The molecule has 12 nitrogen and oxygen atoms in total. The number of anilines is 3. The Morgan fingerprint density at radius 3 is 2.36 bits per heavy atom. The maximum absolute atomic E-state index is 12.4. The van der Waals surface area contributed by atoms with Gasteiger partial charge in [-0.05, 0) is 55.2 Å². The van der Waals surface area contributed by atoms with Crippen LogP contribution in [0.4, 0.5) is 17.8 Å². The molecule has 2 aliphatic carbocycles. The molecule has 2 bridgehead atoms. The summed E-state index contributed by atoms with van der Waals surface area (Å²) in [5, 5.41) is 22.0. The predicted molar refractivity (Wildman–Crippen MR) is 150 cm³/mol. The molecule has 3 atom stereocenters. The third-order valence-electron chi connectivity index (χ3n) is 7.14. The number of amides is 1. The first-order chi connectivity index (χ1) is 19.1. The number of hydrogen-bond acceptors (Lipinski definition) is 11. The molecule has 1 aromatic heterocycles. The summed E-state index contributed by atoms with van der Waals surface area (Å²) >= 11 is 0. The highest BCUT2D eigenvalue weighted by Gasteiger charge is 2.39. The summed E-state index contributed by atoms with van der Waals surface area (Å²) < 4.78 is 10.7. The van der Waals surface area contributed by atoms with Crippen molar-refractivity contribution in [2.75, 3.05) is 68.6 Å². The SMILES string of the molecule is NCCOCCOCCNC(=O)c1ccc(CNc2nc(NCCCO)nc(NC3CC4CCC3C4)n2)cc1. The molecule has 0 aliphatic heterocycles. The van der Waals surface area contributed by atoms with Gasteiger partial charge in [0.2, 0.25) is 17.8 Å². The normalized spacial score (nSPS) is 19.7. The fourth-order valence-electron chi connectivity index (χ4n) is 5.16. The van der Waals surface area contributed by atoms with Crippen LogP contribution in [-0.2, 0) is 16.0 Å². The van der Waals surface area contributed by atoms with Crippen molar-refractivity contribution >= 4 is 23.8 Å². The molecule has 39 heavy (non-hydrogen) atoms. The van der Waals surface area contributed by atoms with Gasteiger partial charge in [0.15, 0.2) is 0 Å². The zero-order valence-electron chi connectivity index (χ0n) is 22.5. The predicted octanol–water partition coefficient (Wildman–Crippen LogP) is 1.60. The first-order valence-electron chi connectivity index (χ1n) is 14.0. The van der Waals surface area contributed by atoms with Crippen LogP contribution in [0.2, 0.25) is 0 Å². The van der Waals surface area contributed by atoms with Crippen molar-refractivity contribution < 1.29 is 19.4 Å². The van der Waals surface area contributed by atoms with Crippen LogP contribution in [0.5, 0.6) is 0 Å². The average molecular weight is 543 g/mol. The van der Waals surface area contributed by atoms with E-state index in [-0.39, 0.29) is 12.5 Å². The van der Waals surface area contributed by atoms with Gasteiger partial charge in [-0.25, -0.2) is 0 Å². The molecule has 2 fully saturated rings. The molecule has 1 amide bonds. The lowest BCUT2D eigenvalue weighted by Crippen LogP contribution is -2.27. The van der Waals surface area contributed by atoms with Crippen molar-refractivity contribution in [2.45, 2.75) is 44.7 Å². The number of nitrogens with one attached hydrogen (secondary N) is 4. The van der Waals surface area contributed by atoms with Gasteiger partial charge in [-0.1, -0.05) is 18.6 Å². The number of nitrogens with two attached hydrogens (primary N) is 1. The monoisotopic (exact) mass is 542 g/mol. The van der Waals surface area contributed by atoms with E-state index in [4.69, 9.17) is 20.3 Å². The van der Waals surface area contributed by atoms with Crippen molar-refractivity contribution in [3.05, 3.63) is 35.4 Å². The molecular weight excluding hydrogens is 500 g/mol. The first-order valence-corrected chi connectivity index (χ1v) is 14.0. The summed E-state index contributed by atoms with van der Waals surface area (Å²) in [5.41, 5.74) is 6.93. The number of fused-ring (bicyclic) bond motifs is 2. The van der Waals surface area contributed by atoms with Crippen LogP contribution < -0.4 is 27.0 Å². The van der Waals surface area contributed by atoms with Gasteiger partial charge in [-0.15, -0.1) is 0 Å². The number of hydrogen-bond donors (Lipinski definition) is 6. The Hall–Kier alpha value is -3.06. The number of carbonyl (C=O) groups excluding carboxylic acids is 1. The summed E-state index contributed by atoms with van der Waals surface area (Å²) in [6.45, 7) is 3.99. The Labute approximate surface area is 229 Å². The number of nitrogens with zero attached hydrogens (tertiary/aromatic N) is 3. The van der Waals surface area contributed by atoms with Crippen molar-refractivity contribution in [3.8, 4) is 0 Å². The van der Waals surface area contributed by atoms with E-state index < -0.39 is 0 Å². The lowest BCUT2D eigenvalue weighted by Gasteiger charge is -2.23. The standard InChI is InChI=1S/C27H42N8O4/c28-8-12-38-14-15-39-13-10-29-24(37)21-5-2-19(3-6-21)18-31-26-33-25(30-9-1-11-36)34-27(35-26)32-23-17-20-4-7-22(23)16-20/h2-3,5-6,20,22-23,36H,1,4,7-18,28H2,(H,29,37)(H3,30,31,32,33,34,35). The molecule has 2 aromatic rings. The van der Waals surface area contributed by atoms with Crippen LogP contribution >= 0.6 is 0 Å². The second-order valence-corrected chi connectivity index (χ2v) is 10.1. The lowest BCUT2D eigenvalue weighted by atomic mass is 9.95. The van der Waals surface area contributed by atoms with Crippen LogP contribution in [0.25, 0.3) is 0 Å². The molecule has 0 spiro atoms. The highest BCUT2D eigenvalue weighted by atomic mass is 16.5. The van der Waals surface area contributed by atoms with Gasteiger partial charge in [0, 0.05) is 44.4 Å². The minimum Gasteiger partial charge on any atom is -0.396 e. The zero-order valence-corrected chi connectivity index (χ0v) is 22.5. The van der Waals surface area contributed by atoms with E-state index in [2.05, 4.69) is 36.2 Å². The Kier molecular flexibility index (Phi) is 11.5. The van der Waals surface area contributed by atoms with Crippen LogP contribution in [0.15, 0.2) is 24.3 Å². The van der Waals surface area contributed by atoms with E-state index in [1.54, 1.807) is 12.1 Å². The number of rotatable bonds is 18. The summed E-state index contributed by atoms with van der Waals surface area (Å²) in [7, 11) is 0.